The summed E-state index contributed by atoms with van der Waals surface area (Å²) in [5, 5.41) is 3.24. The first-order chi connectivity index (χ1) is 17.9. The number of hydrogen-bond acceptors (Lipinski definition) is 3. The summed E-state index contributed by atoms with van der Waals surface area (Å²) in [5.74, 6) is 0.325. The third-order valence-corrected chi connectivity index (χ3v) is 7.61. The Kier molecular flexibility index (Phi) is 9.40. The van der Waals surface area contributed by atoms with Gasteiger partial charge in [0.2, 0.25) is 5.91 Å². The number of nitrogens with one attached hydrogen (secondary N) is 1. The van der Waals surface area contributed by atoms with Gasteiger partial charge in [0.1, 0.15) is 11.8 Å². The molecule has 1 aliphatic rings. The zero-order valence-corrected chi connectivity index (χ0v) is 23.2. The Morgan fingerprint density at radius 1 is 0.946 bits per heavy atom. The van der Waals surface area contributed by atoms with E-state index < -0.39 is 6.04 Å². The highest BCUT2D eigenvalue weighted by molar-refractivity contribution is 9.10. The lowest BCUT2D eigenvalue weighted by atomic mass is 10.0. The number of rotatable bonds is 10. The third kappa shape index (κ3) is 7.68. The molecule has 4 rings (SSSR count). The SMILES string of the molecule is Cc1ccc(OCC(=O)N(Cc2ccc(Br)cc2)[C@H](Cc2ccccc2)C(=O)NC2CCCC2)cc1C. The molecular formula is C31H35BrN2O3. The molecule has 0 heterocycles. The summed E-state index contributed by atoms with van der Waals surface area (Å²) in [6, 6.07) is 23.1. The van der Waals surface area contributed by atoms with Gasteiger partial charge in [-0.05, 0) is 73.2 Å². The van der Waals surface area contributed by atoms with Gasteiger partial charge in [0.15, 0.2) is 6.61 Å². The van der Waals surface area contributed by atoms with E-state index in [1.807, 2.05) is 86.6 Å². The van der Waals surface area contributed by atoms with Crippen molar-refractivity contribution in [2.24, 2.45) is 0 Å². The molecule has 0 radical (unpaired) electrons. The van der Waals surface area contributed by atoms with Crippen LogP contribution in [0.25, 0.3) is 0 Å². The van der Waals surface area contributed by atoms with Gasteiger partial charge in [-0.25, -0.2) is 0 Å². The molecular weight excluding hydrogens is 528 g/mol. The van der Waals surface area contributed by atoms with Gasteiger partial charge < -0.3 is 15.0 Å². The van der Waals surface area contributed by atoms with Gasteiger partial charge in [0.05, 0.1) is 0 Å². The van der Waals surface area contributed by atoms with Crippen LogP contribution in [0, 0.1) is 13.8 Å². The van der Waals surface area contributed by atoms with Gasteiger partial charge in [-0.2, -0.15) is 0 Å². The highest BCUT2D eigenvalue weighted by Gasteiger charge is 2.32. The molecule has 3 aromatic rings. The topological polar surface area (TPSA) is 58.6 Å². The molecule has 0 spiro atoms. The van der Waals surface area contributed by atoms with E-state index in [2.05, 4.69) is 21.2 Å². The first-order valence-electron chi connectivity index (χ1n) is 13.0. The maximum atomic E-state index is 13.7. The lowest BCUT2D eigenvalue weighted by Gasteiger charge is -2.32. The maximum absolute atomic E-state index is 13.7. The summed E-state index contributed by atoms with van der Waals surface area (Å²) < 4.78 is 6.89. The molecule has 3 aromatic carbocycles. The number of halogens is 1. The molecule has 1 atom stereocenters. The number of carbonyl (C=O) groups excluding carboxylic acids is 2. The second-order valence-electron chi connectivity index (χ2n) is 9.88. The van der Waals surface area contributed by atoms with E-state index in [4.69, 9.17) is 4.74 Å². The Balaban J connectivity index is 1.60. The zero-order chi connectivity index (χ0) is 26.2. The van der Waals surface area contributed by atoms with E-state index in [1.165, 1.54) is 5.56 Å². The van der Waals surface area contributed by atoms with Crippen LogP contribution in [0.15, 0.2) is 77.3 Å². The van der Waals surface area contributed by atoms with Crippen molar-refractivity contribution in [3.63, 3.8) is 0 Å². The molecule has 0 saturated heterocycles. The normalized spacial score (nSPS) is 14.2. The molecule has 6 heteroatoms. The average molecular weight is 564 g/mol. The van der Waals surface area contributed by atoms with Crippen LogP contribution in [0.3, 0.4) is 0 Å². The lowest BCUT2D eigenvalue weighted by molar-refractivity contribution is -0.143. The first-order valence-corrected chi connectivity index (χ1v) is 13.8. The fourth-order valence-electron chi connectivity index (χ4n) is 4.74. The number of amides is 2. The van der Waals surface area contributed by atoms with Gasteiger partial charge in [-0.3, -0.25) is 9.59 Å². The van der Waals surface area contributed by atoms with Crippen molar-refractivity contribution in [1.29, 1.82) is 0 Å². The smallest absolute Gasteiger partial charge is 0.261 e. The molecule has 5 nitrogen and oxygen atoms in total. The second kappa shape index (κ2) is 12.9. The molecule has 37 heavy (non-hydrogen) atoms. The van der Waals surface area contributed by atoms with Crippen LogP contribution in [0.1, 0.15) is 47.9 Å². The molecule has 0 aliphatic heterocycles. The minimum Gasteiger partial charge on any atom is -0.484 e. The van der Waals surface area contributed by atoms with E-state index in [-0.39, 0.29) is 24.5 Å². The van der Waals surface area contributed by atoms with Crippen LogP contribution in [0.4, 0.5) is 0 Å². The van der Waals surface area contributed by atoms with Crippen molar-refractivity contribution in [1.82, 2.24) is 10.2 Å². The number of nitrogens with zero attached hydrogens (tertiary/aromatic N) is 1. The number of ether oxygens (including phenoxy) is 1. The van der Waals surface area contributed by atoms with E-state index in [1.54, 1.807) is 4.90 Å². The molecule has 194 valence electrons. The van der Waals surface area contributed by atoms with Crippen molar-refractivity contribution in [3.05, 3.63) is 99.5 Å². The van der Waals surface area contributed by atoms with Crippen molar-refractivity contribution < 1.29 is 14.3 Å². The monoisotopic (exact) mass is 562 g/mol. The fraction of sp³-hybridized carbons (Fsp3) is 0.355. The molecule has 0 aromatic heterocycles. The number of hydrogen-bond donors (Lipinski definition) is 1. The average Bonchev–Trinajstić information content (AvgIpc) is 3.41. The van der Waals surface area contributed by atoms with Gasteiger partial charge in [-0.15, -0.1) is 0 Å². The molecule has 0 bridgehead atoms. The second-order valence-corrected chi connectivity index (χ2v) is 10.8. The Labute approximate surface area is 228 Å². The van der Waals surface area contributed by atoms with E-state index in [0.717, 1.165) is 46.8 Å². The van der Waals surface area contributed by atoms with Crippen LogP contribution in [0.5, 0.6) is 5.75 Å². The predicted molar refractivity (Wildman–Crippen MR) is 150 cm³/mol. The highest BCUT2D eigenvalue weighted by Crippen LogP contribution is 2.21. The maximum Gasteiger partial charge on any atom is 0.261 e. The van der Waals surface area contributed by atoms with Crippen LogP contribution in [-0.4, -0.2) is 35.4 Å². The molecule has 0 unspecified atom stereocenters. The summed E-state index contributed by atoms with van der Waals surface area (Å²) in [6.07, 6.45) is 4.66. The molecule has 1 aliphatic carbocycles. The summed E-state index contributed by atoms with van der Waals surface area (Å²) in [6.45, 7) is 4.24. The van der Waals surface area contributed by atoms with Gasteiger partial charge in [-0.1, -0.05) is 77.3 Å². The van der Waals surface area contributed by atoms with Crippen molar-refractivity contribution in [2.45, 2.75) is 64.6 Å². The van der Waals surface area contributed by atoms with Crippen molar-refractivity contribution >= 4 is 27.7 Å². The Morgan fingerprint density at radius 2 is 1.65 bits per heavy atom. The summed E-state index contributed by atoms with van der Waals surface area (Å²) in [7, 11) is 0. The number of aryl methyl sites for hydroxylation is 2. The number of carbonyl (C=O) groups is 2. The molecule has 2 amide bonds. The molecule has 1 N–H and O–H groups in total. The lowest BCUT2D eigenvalue weighted by Crippen LogP contribution is -2.53. The first kappa shape index (κ1) is 26.9. The van der Waals surface area contributed by atoms with Gasteiger partial charge in [0, 0.05) is 23.5 Å². The van der Waals surface area contributed by atoms with Gasteiger partial charge >= 0.3 is 0 Å². The van der Waals surface area contributed by atoms with Crippen LogP contribution < -0.4 is 10.1 Å². The Bertz CT molecular complexity index is 1190. The predicted octanol–water partition coefficient (Wildman–Crippen LogP) is 6.14. The molecule has 1 fully saturated rings. The summed E-state index contributed by atoms with van der Waals surface area (Å²) in [4.78, 5) is 29.1. The van der Waals surface area contributed by atoms with Crippen LogP contribution in [-0.2, 0) is 22.6 Å². The Morgan fingerprint density at radius 3 is 2.32 bits per heavy atom. The standard InChI is InChI=1S/C31H35BrN2O3/c1-22-12-17-28(18-23(22)2)37-21-30(35)34(20-25-13-15-26(32)16-14-25)29(19-24-8-4-3-5-9-24)31(36)33-27-10-6-7-11-27/h3-5,8-9,12-18,27,29H,6-7,10-11,19-21H2,1-2H3,(H,33,36)/t29-/m1/s1. The summed E-state index contributed by atoms with van der Waals surface area (Å²) in [5.41, 5.74) is 4.24. The van der Waals surface area contributed by atoms with Crippen LogP contribution in [0.2, 0.25) is 0 Å². The zero-order valence-electron chi connectivity index (χ0n) is 21.6. The quantitative estimate of drug-likeness (QED) is 0.322. The van der Waals surface area contributed by atoms with E-state index in [9.17, 15) is 9.59 Å². The van der Waals surface area contributed by atoms with Gasteiger partial charge in [0.25, 0.3) is 5.91 Å². The minimum atomic E-state index is -0.650. The highest BCUT2D eigenvalue weighted by atomic mass is 79.9. The largest absolute Gasteiger partial charge is 0.484 e. The van der Waals surface area contributed by atoms with E-state index in [0.29, 0.717) is 18.7 Å². The van der Waals surface area contributed by atoms with Crippen LogP contribution >= 0.6 is 15.9 Å². The van der Waals surface area contributed by atoms with E-state index >= 15 is 0 Å². The third-order valence-electron chi connectivity index (χ3n) is 7.08. The molecule has 1 saturated carbocycles. The Hall–Kier alpha value is -3.12. The van der Waals surface area contributed by atoms with Crippen molar-refractivity contribution in [2.75, 3.05) is 6.61 Å². The number of benzene rings is 3. The minimum absolute atomic E-state index is 0.104. The fourth-order valence-corrected chi connectivity index (χ4v) is 5.00. The summed E-state index contributed by atoms with van der Waals surface area (Å²) >= 11 is 3.48. The van der Waals surface area contributed by atoms with Crippen molar-refractivity contribution in [3.8, 4) is 5.75 Å².